The summed E-state index contributed by atoms with van der Waals surface area (Å²) < 4.78 is 0. The minimum Gasteiger partial charge on any atom is -0.355 e. The van der Waals surface area contributed by atoms with Crippen molar-refractivity contribution >= 4 is 68.8 Å². The van der Waals surface area contributed by atoms with Crippen LogP contribution in [0.25, 0.3) is 0 Å². The molecule has 2 N–H and O–H groups in total. The number of hydrogen-bond donors (Lipinski definition) is 2. The molecule has 0 atom stereocenters. The van der Waals surface area contributed by atoms with Crippen LogP contribution in [0.4, 0.5) is 10.8 Å². The van der Waals surface area contributed by atoms with Gasteiger partial charge in [-0.1, -0.05) is 40.9 Å². The number of benzene rings is 2. The Morgan fingerprint density at radius 1 is 0.971 bits per heavy atom. The lowest BCUT2D eigenvalue weighted by Gasteiger charge is -2.33. The highest BCUT2D eigenvalue weighted by atomic mass is 35.5. The molecule has 0 saturated carbocycles. The third-order valence-electron chi connectivity index (χ3n) is 5.58. The summed E-state index contributed by atoms with van der Waals surface area (Å²) in [6.45, 7) is 3.13. The minimum atomic E-state index is -0.102. The van der Waals surface area contributed by atoms with E-state index in [2.05, 4.69) is 15.6 Å². The van der Waals surface area contributed by atoms with E-state index >= 15 is 0 Å². The van der Waals surface area contributed by atoms with Crippen molar-refractivity contribution in [1.29, 1.82) is 0 Å². The van der Waals surface area contributed by atoms with Gasteiger partial charge in [0.25, 0.3) is 5.91 Å². The molecule has 1 aliphatic heterocycles. The fourth-order valence-corrected chi connectivity index (χ4v) is 5.01. The van der Waals surface area contributed by atoms with Gasteiger partial charge in [0.2, 0.25) is 5.91 Å². The van der Waals surface area contributed by atoms with Crippen LogP contribution in [0.3, 0.4) is 0 Å². The lowest BCUT2D eigenvalue weighted by Crippen LogP contribution is -2.51. The molecular weight excluding hydrogens is 529 g/mol. The largest absolute Gasteiger partial charge is 0.355 e. The normalized spacial score (nSPS) is 14.1. The Hall–Kier alpha value is -2.36. The number of hydrogen-bond acceptors (Lipinski definition) is 6. The van der Waals surface area contributed by atoms with Crippen molar-refractivity contribution in [2.24, 2.45) is 0 Å². The highest BCUT2D eigenvalue weighted by Gasteiger charge is 2.25. The molecule has 184 valence electrons. The van der Waals surface area contributed by atoms with Crippen molar-refractivity contribution in [3.63, 3.8) is 0 Å². The second-order valence-corrected chi connectivity index (χ2v) is 10.2. The summed E-state index contributed by atoms with van der Waals surface area (Å²) in [6, 6.07) is 12.6. The van der Waals surface area contributed by atoms with Crippen LogP contribution in [0.2, 0.25) is 15.1 Å². The number of thiazole rings is 1. The zero-order chi connectivity index (χ0) is 24.8. The first-order valence-electron chi connectivity index (χ1n) is 11.1. The molecule has 1 aliphatic rings. The van der Waals surface area contributed by atoms with Gasteiger partial charge >= 0.3 is 0 Å². The number of rotatable bonds is 8. The van der Waals surface area contributed by atoms with E-state index in [0.29, 0.717) is 71.6 Å². The van der Waals surface area contributed by atoms with E-state index in [-0.39, 0.29) is 11.8 Å². The lowest BCUT2D eigenvalue weighted by atomic mass is 10.1. The molecule has 0 unspecified atom stereocenters. The van der Waals surface area contributed by atoms with Gasteiger partial charge in [0.1, 0.15) is 5.69 Å². The van der Waals surface area contributed by atoms with Crippen LogP contribution in [0, 0.1) is 0 Å². The van der Waals surface area contributed by atoms with Crippen molar-refractivity contribution in [1.82, 2.24) is 20.1 Å². The molecule has 4 rings (SSSR count). The van der Waals surface area contributed by atoms with Crippen molar-refractivity contribution in [3.8, 4) is 0 Å². The van der Waals surface area contributed by atoms with Crippen LogP contribution in [-0.4, -0.2) is 65.9 Å². The fraction of sp³-hybridized carbons (Fsp3) is 0.292. The maximum Gasteiger partial charge on any atom is 0.273 e. The van der Waals surface area contributed by atoms with Gasteiger partial charge in [0.05, 0.1) is 6.54 Å². The number of amides is 2. The van der Waals surface area contributed by atoms with Crippen LogP contribution in [0.1, 0.15) is 16.1 Å². The van der Waals surface area contributed by atoms with E-state index in [0.717, 1.165) is 11.3 Å². The van der Waals surface area contributed by atoms with Gasteiger partial charge in [-0.25, -0.2) is 4.98 Å². The molecular formula is C24H24Cl3N5O2S. The monoisotopic (exact) mass is 551 g/mol. The van der Waals surface area contributed by atoms with Crippen LogP contribution < -0.4 is 10.6 Å². The molecule has 11 heteroatoms. The summed E-state index contributed by atoms with van der Waals surface area (Å²) in [5.41, 5.74) is 2.21. The molecule has 2 heterocycles. The predicted octanol–water partition coefficient (Wildman–Crippen LogP) is 4.96. The molecule has 3 aromatic rings. The highest BCUT2D eigenvalue weighted by molar-refractivity contribution is 7.14. The number of carbonyl (C=O) groups is 2. The Morgan fingerprint density at radius 2 is 1.69 bits per heavy atom. The topological polar surface area (TPSA) is 77.6 Å². The molecule has 35 heavy (non-hydrogen) atoms. The van der Waals surface area contributed by atoms with E-state index in [9.17, 15) is 9.59 Å². The first kappa shape index (κ1) is 25.7. The zero-order valence-corrected chi connectivity index (χ0v) is 21.9. The molecule has 0 aliphatic carbocycles. The van der Waals surface area contributed by atoms with E-state index in [1.165, 1.54) is 11.3 Å². The number of nitrogens with zero attached hydrogens (tertiary/aromatic N) is 3. The Balaban J connectivity index is 1.19. The molecule has 1 saturated heterocycles. The van der Waals surface area contributed by atoms with Gasteiger partial charge in [-0.3, -0.25) is 14.5 Å². The second-order valence-electron chi connectivity index (χ2n) is 8.07. The van der Waals surface area contributed by atoms with E-state index in [1.807, 2.05) is 23.1 Å². The standard InChI is InChI=1S/C24H24Cl3N5O2S/c25-17-3-5-19(6-4-17)29-24-30-21(15-35-24)23(34)32-11-9-31(10-12-32)14-22(33)28-8-7-16-1-2-18(26)13-20(16)27/h1-6,13,15H,7-12,14H2,(H,28,33)(H,29,30). The number of nitrogens with one attached hydrogen (secondary N) is 2. The maximum atomic E-state index is 12.9. The maximum absolute atomic E-state index is 12.9. The lowest BCUT2D eigenvalue weighted by molar-refractivity contribution is -0.122. The van der Waals surface area contributed by atoms with E-state index < -0.39 is 0 Å². The third kappa shape index (κ3) is 7.32. The summed E-state index contributed by atoms with van der Waals surface area (Å²) in [5.74, 6) is -0.151. The Kier molecular flexibility index (Phi) is 8.86. The van der Waals surface area contributed by atoms with Crippen LogP contribution in [0.15, 0.2) is 47.8 Å². The van der Waals surface area contributed by atoms with Crippen molar-refractivity contribution in [2.45, 2.75) is 6.42 Å². The molecule has 7 nitrogen and oxygen atoms in total. The van der Waals surface area contributed by atoms with Gasteiger partial charge in [-0.2, -0.15) is 0 Å². The van der Waals surface area contributed by atoms with Crippen molar-refractivity contribution < 1.29 is 9.59 Å². The van der Waals surface area contributed by atoms with E-state index in [4.69, 9.17) is 34.8 Å². The van der Waals surface area contributed by atoms with E-state index in [1.54, 1.807) is 34.5 Å². The summed E-state index contributed by atoms with van der Waals surface area (Å²) in [5, 5.41) is 10.4. The van der Waals surface area contributed by atoms with Crippen LogP contribution >= 0.6 is 46.1 Å². The predicted molar refractivity (Wildman–Crippen MR) is 142 cm³/mol. The fourth-order valence-electron chi connectivity index (χ4n) is 3.68. The quantitative estimate of drug-likeness (QED) is 0.413. The SMILES string of the molecule is O=C(CN1CCN(C(=O)c2csc(Nc3ccc(Cl)cc3)n2)CC1)NCCc1ccc(Cl)cc1Cl. The van der Waals surface area contributed by atoms with Gasteiger partial charge in [-0.15, -0.1) is 11.3 Å². The average molecular weight is 553 g/mol. The van der Waals surface area contributed by atoms with Gasteiger partial charge in [0, 0.05) is 58.9 Å². The molecule has 0 spiro atoms. The van der Waals surface area contributed by atoms with Crippen molar-refractivity contribution in [3.05, 3.63) is 74.2 Å². The summed E-state index contributed by atoms with van der Waals surface area (Å²) in [6.07, 6.45) is 0.631. The number of aromatic nitrogens is 1. The third-order valence-corrected chi connectivity index (χ3v) is 7.17. The smallest absolute Gasteiger partial charge is 0.273 e. The Bertz CT molecular complexity index is 1180. The van der Waals surface area contributed by atoms with Gasteiger partial charge in [-0.05, 0) is 48.4 Å². The van der Waals surface area contributed by atoms with Crippen LogP contribution in [0.5, 0.6) is 0 Å². The Morgan fingerprint density at radius 3 is 2.40 bits per heavy atom. The number of carbonyl (C=O) groups excluding carboxylic acids is 2. The Labute approximate surface area is 223 Å². The van der Waals surface area contributed by atoms with Crippen LogP contribution in [-0.2, 0) is 11.2 Å². The first-order valence-corrected chi connectivity index (χ1v) is 13.1. The number of piperazine rings is 1. The molecule has 0 bridgehead atoms. The zero-order valence-electron chi connectivity index (χ0n) is 18.8. The molecule has 1 fully saturated rings. The average Bonchev–Trinajstić information content (AvgIpc) is 3.30. The molecule has 2 aromatic carbocycles. The first-order chi connectivity index (χ1) is 16.9. The highest BCUT2D eigenvalue weighted by Crippen LogP contribution is 2.23. The molecule has 2 amide bonds. The summed E-state index contributed by atoms with van der Waals surface area (Å²) in [4.78, 5) is 33.5. The minimum absolute atomic E-state index is 0.0488. The van der Waals surface area contributed by atoms with Gasteiger partial charge in [0.15, 0.2) is 5.13 Å². The second kappa shape index (κ2) is 12.1. The van der Waals surface area contributed by atoms with Crippen molar-refractivity contribution in [2.75, 3.05) is 44.6 Å². The summed E-state index contributed by atoms with van der Waals surface area (Å²) >= 11 is 19.4. The summed E-state index contributed by atoms with van der Waals surface area (Å²) in [7, 11) is 0. The van der Waals surface area contributed by atoms with Gasteiger partial charge < -0.3 is 15.5 Å². The number of halogens is 3. The molecule has 0 radical (unpaired) electrons. The molecule has 1 aromatic heterocycles. The number of anilines is 2.